The molecule has 0 aromatic heterocycles. The van der Waals surface area contributed by atoms with Crippen LogP contribution in [0.15, 0.2) is 0 Å². The van der Waals surface area contributed by atoms with Crippen molar-refractivity contribution >= 4 is 0 Å². The molecule has 0 amide bonds. The molecule has 0 spiro atoms. The summed E-state index contributed by atoms with van der Waals surface area (Å²) < 4.78 is 16.8. The van der Waals surface area contributed by atoms with E-state index in [1.807, 2.05) is 0 Å². The normalized spacial score (nSPS) is 14.3. The topological polar surface area (TPSA) is 129 Å². The van der Waals surface area contributed by atoms with Crippen molar-refractivity contribution < 1.29 is 81.1 Å². The van der Waals surface area contributed by atoms with Crippen LogP contribution in [0.1, 0.15) is 27.7 Å². The minimum atomic E-state index is -0.866. The van der Waals surface area contributed by atoms with E-state index in [0.29, 0.717) is 0 Å². The van der Waals surface area contributed by atoms with Crippen molar-refractivity contribution in [1.82, 2.24) is 0 Å². The average molecular weight is 440 g/mol. The quantitative estimate of drug-likeness (QED) is 0.434. The Morgan fingerprint density at radius 2 is 0.524 bits per heavy atom. The van der Waals surface area contributed by atoms with Gasteiger partial charge < -0.3 is 39.4 Å². The van der Waals surface area contributed by atoms with Gasteiger partial charge in [-0.2, -0.15) is 0 Å². The third kappa shape index (κ3) is 93.2. The third-order valence-electron chi connectivity index (χ3n) is 1.33. The molecule has 4 unspecified atom stereocenters. The van der Waals surface area contributed by atoms with Gasteiger partial charge in [-0.15, -0.1) is 0 Å². The summed E-state index contributed by atoms with van der Waals surface area (Å²) in [4.78, 5) is 0. The first-order valence-corrected chi connectivity index (χ1v) is 5.83. The second kappa shape index (κ2) is 29.1. The fourth-order valence-corrected chi connectivity index (χ4v) is 0. The summed E-state index contributed by atoms with van der Waals surface area (Å²) in [7, 11) is 5.55. The predicted molar refractivity (Wildman–Crippen MR) is 65.9 cm³/mol. The Hall–Kier alpha value is 1.06. The summed E-state index contributed by atoms with van der Waals surface area (Å²) in [5.74, 6) is 0. The second-order valence-corrected chi connectivity index (χ2v) is 3.21. The molecule has 0 rings (SSSR count). The van der Waals surface area contributed by atoms with Crippen LogP contribution in [0.2, 0.25) is 0 Å². The molecule has 0 aromatic rings. The molecule has 0 aromatic carbocycles. The molecule has 128 valence electrons. The van der Waals surface area contributed by atoms with Crippen LogP contribution in [0.4, 0.5) is 0 Å². The second-order valence-electron chi connectivity index (χ2n) is 3.21. The van der Waals surface area contributed by atoms with E-state index in [9.17, 15) is 20.4 Å². The van der Waals surface area contributed by atoms with Gasteiger partial charge in [0, 0.05) is 28.4 Å². The van der Waals surface area contributed by atoms with E-state index in [-0.39, 0.29) is 41.7 Å². The zero-order chi connectivity index (χ0) is 17.1. The first-order valence-electron chi connectivity index (χ1n) is 5.83. The van der Waals surface area contributed by atoms with Crippen LogP contribution in [-0.4, -0.2) is 53.6 Å². The number of methoxy groups -OCH3 is 4. The first kappa shape index (κ1) is 33.6. The Morgan fingerprint density at radius 1 is 0.476 bits per heavy atom. The molecule has 9 heteroatoms. The maximum Gasteiger partial charge on any atom is 4.00 e. The van der Waals surface area contributed by atoms with Gasteiger partial charge in [0.25, 0.3) is 0 Å². The molecule has 0 saturated heterocycles. The van der Waals surface area contributed by atoms with Crippen LogP contribution in [0.25, 0.3) is 0 Å². The van der Waals surface area contributed by atoms with Crippen molar-refractivity contribution in [2.45, 2.75) is 52.9 Å². The standard InChI is InChI=1S/4C3H7O2.Ce/c4*1-3(4)5-2;/h4*3H,1-2H3;/q4*-1;+4. The van der Waals surface area contributed by atoms with Gasteiger partial charge in [0.15, 0.2) is 0 Å². The van der Waals surface area contributed by atoms with Crippen molar-refractivity contribution in [2.75, 3.05) is 28.4 Å². The Bertz CT molecular complexity index is 113. The van der Waals surface area contributed by atoms with E-state index in [4.69, 9.17) is 0 Å². The van der Waals surface area contributed by atoms with Crippen molar-refractivity contribution in [3.05, 3.63) is 0 Å². The Labute approximate surface area is 161 Å². The zero-order valence-corrected chi connectivity index (χ0v) is 17.2. The van der Waals surface area contributed by atoms with E-state index >= 15 is 0 Å². The van der Waals surface area contributed by atoms with Crippen LogP contribution in [-0.2, 0) is 18.9 Å². The third-order valence-corrected chi connectivity index (χ3v) is 1.33. The van der Waals surface area contributed by atoms with E-state index in [0.717, 1.165) is 0 Å². The smallest absolute Gasteiger partial charge is 0.831 e. The maximum atomic E-state index is 9.67. The summed E-state index contributed by atoms with van der Waals surface area (Å²) in [5, 5.41) is 38.7. The van der Waals surface area contributed by atoms with Gasteiger partial charge in [-0.1, -0.05) is 27.7 Å². The van der Waals surface area contributed by atoms with Crippen molar-refractivity contribution in [1.29, 1.82) is 0 Å². The molecule has 0 radical (unpaired) electrons. The monoisotopic (exact) mass is 440 g/mol. The van der Waals surface area contributed by atoms with Crippen LogP contribution in [0.3, 0.4) is 0 Å². The summed E-state index contributed by atoms with van der Waals surface area (Å²) >= 11 is 0. The molecule has 0 bridgehead atoms. The molecule has 0 fully saturated rings. The fraction of sp³-hybridized carbons (Fsp3) is 1.00. The predicted octanol–water partition coefficient (Wildman–Crippen LogP) is -2.64. The maximum absolute atomic E-state index is 9.67. The molecule has 0 aliphatic heterocycles. The SMILES string of the molecule is COC(C)[O-].COC(C)[O-].COC(C)[O-].COC(C)[O-].[Ce+4]. The van der Waals surface area contributed by atoms with Crippen molar-refractivity contribution in [2.24, 2.45) is 0 Å². The van der Waals surface area contributed by atoms with Gasteiger partial charge in [-0.05, 0) is 25.2 Å². The van der Waals surface area contributed by atoms with Crippen LogP contribution >= 0.6 is 0 Å². The molecule has 0 saturated carbocycles. The van der Waals surface area contributed by atoms with Gasteiger partial charge in [0.05, 0.1) is 0 Å². The number of rotatable bonds is 4. The molecule has 8 nitrogen and oxygen atoms in total. The molecule has 0 N–H and O–H groups in total. The average Bonchev–Trinajstić information content (AvgIpc) is 2.40. The number of hydrogen-bond donors (Lipinski definition) is 0. The number of ether oxygens (including phenoxy) is 4. The van der Waals surface area contributed by atoms with E-state index in [2.05, 4.69) is 18.9 Å². The molecule has 0 heterocycles. The summed E-state index contributed by atoms with van der Waals surface area (Å²) in [6, 6.07) is 0. The molecule has 21 heavy (non-hydrogen) atoms. The first-order chi connectivity index (χ1) is 9.08. The van der Waals surface area contributed by atoms with Crippen LogP contribution in [0.5, 0.6) is 0 Å². The fourth-order valence-electron chi connectivity index (χ4n) is 0. The summed E-state index contributed by atoms with van der Waals surface area (Å²) in [6.07, 6.45) is -3.46. The van der Waals surface area contributed by atoms with E-state index < -0.39 is 25.2 Å². The van der Waals surface area contributed by atoms with Gasteiger partial charge in [0.2, 0.25) is 0 Å². The summed E-state index contributed by atoms with van der Waals surface area (Å²) in [5.41, 5.74) is 0. The van der Waals surface area contributed by atoms with Crippen molar-refractivity contribution in [3.63, 3.8) is 0 Å². The number of hydrogen-bond acceptors (Lipinski definition) is 8. The Balaban J connectivity index is -0.0000000533. The minimum Gasteiger partial charge on any atom is -0.831 e. The Morgan fingerprint density at radius 3 is 0.524 bits per heavy atom. The van der Waals surface area contributed by atoms with Crippen molar-refractivity contribution in [3.8, 4) is 0 Å². The molecular formula is C12H28CeO8. The molecule has 0 aliphatic carbocycles. The largest absolute Gasteiger partial charge is 4.00 e. The molecule has 0 aliphatic rings. The summed E-state index contributed by atoms with van der Waals surface area (Å²) in [6.45, 7) is 5.78. The van der Waals surface area contributed by atoms with Crippen LogP contribution < -0.4 is 20.4 Å². The van der Waals surface area contributed by atoms with Crippen LogP contribution in [0, 0.1) is 41.7 Å². The van der Waals surface area contributed by atoms with Gasteiger partial charge >= 0.3 is 41.7 Å². The zero-order valence-electron chi connectivity index (χ0n) is 14.1. The minimum absolute atomic E-state index is 0. The van der Waals surface area contributed by atoms with E-state index in [1.165, 1.54) is 56.1 Å². The molecule has 4 atom stereocenters. The molecular weight excluding hydrogens is 412 g/mol. The Kier molecular flexibility index (Phi) is 46.6. The van der Waals surface area contributed by atoms with E-state index in [1.54, 1.807) is 0 Å². The van der Waals surface area contributed by atoms with Gasteiger partial charge in [-0.25, -0.2) is 0 Å². The van der Waals surface area contributed by atoms with Gasteiger partial charge in [-0.3, -0.25) is 0 Å². The van der Waals surface area contributed by atoms with Gasteiger partial charge in [0.1, 0.15) is 0 Å².